The van der Waals surface area contributed by atoms with E-state index in [4.69, 9.17) is 0 Å². The minimum absolute atomic E-state index is 0. The normalized spacial score (nSPS) is 8.67. The van der Waals surface area contributed by atoms with Crippen LogP contribution in [0, 0.1) is 6.92 Å². The Bertz CT molecular complexity index is 173. The van der Waals surface area contributed by atoms with Gasteiger partial charge in [-0.1, -0.05) is 11.3 Å². The molecule has 0 unspecified atom stereocenters. The van der Waals surface area contributed by atoms with Gasteiger partial charge < -0.3 is 12.4 Å². The summed E-state index contributed by atoms with van der Waals surface area (Å²) in [6.07, 6.45) is 2.11. The topological polar surface area (TPSA) is 3.88 Å². The van der Waals surface area contributed by atoms with Gasteiger partial charge in [0.2, 0.25) is 5.01 Å². The Morgan fingerprint density at radius 3 is 2.56 bits per heavy atom. The van der Waals surface area contributed by atoms with E-state index in [1.165, 1.54) is 5.01 Å². The molecule has 0 aliphatic heterocycles. The predicted octanol–water partition coefficient (Wildman–Crippen LogP) is -1.63. The van der Waals surface area contributed by atoms with Crippen LogP contribution in [0.1, 0.15) is 11.9 Å². The molecule has 0 aromatic carbocycles. The Labute approximate surface area is 65.7 Å². The van der Waals surface area contributed by atoms with Gasteiger partial charge in [-0.25, -0.2) is 0 Å². The molecule has 0 aliphatic carbocycles. The maximum atomic E-state index is 2.23. The minimum atomic E-state index is 0. The molecule has 1 nitrogen and oxygen atoms in total. The third-order valence-electron chi connectivity index (χ3n) is 1.22. The molecule has 1 aromatic rings. The van der Waals surface area contributed by atoms with E-state index in [0.717, 1.165) is 6.54 Å². The number of hydrogen-bond acceptors (Lipinski definition) is 1. The molecule has 9 heavy (non-hydrogen) atoms. The summed E-state index contributed by atoms with van der Waals surface area (Å²) < 4.78 is 2.23. The van der Waals surface area contributed by atoms with Crippen LogP contribution in [-0.4, -0.2) is 0 Å². The zero-order chi connectivity index (χ0) is 5.98. The van der Waals surface area contributed by atoms with E-state index in [1.54, 1.807) is 11.3 Å². The van der Waals surface area contributed by atoms with Crippen LogP contribution in [0.15, 0.2) is 11.6 Å². The van der Waals surface area contributed by atoms with Gasteiger partial charge >= 0.3 is 0 Å². The smallest absolute Gasteiger partial charge is 0.234 e. The number of nitrogens with zero attached hydrogens (tertiary/aromatic N) is 1. The highest BCUT2D eigenvalue weighted by Gasteiger charge is 2.00. The number of thiazole rings is 1. The quantitative estimate of drug-likeness (QED) is 0.438. The van der Waals surface area contributed by atoms with Crippen LogP contribution in [0.4, 0.5) is 0 Å². The molecule has 1 rings (SSSR count). The van der Waals surface area contributed by atoms with Crippen LogP contribution in [-0.2, 0) is 6.54 Å². The van der Waals surface area contributed by atoms with Gasteiger partial charge in [-0.3, -0.25) is 0 Å². The number of aryl methyl sites for hydroxylation is 2. The van der Waals surface area contributed by atoms with Crippen molar-refractivity contribution < 1.29 is 17.0 Å². The Morgan fingerprint density at radius 1 is 1.67 bits per heavy atom. The van der Waals surface area contributed by atoms with Gasteiger partial charge in [-0.15, -0.1) is 0 Å². The Hall–Kier alpha value is -0.0800. The van der Waals surface area contributed by atoms with E-state index in [-0.39, 0.29) is 12.4 Å². The van der Waals surface area contributed by atoms with Crippen molar-refractivity contribution in [1.29, 1.82) is 0 Å². The third-order valence-corrected chi connectivity index (χ3v) is 2.06. The van der Waals surface area contributed by atoms with E-state index in [0.29, 0.717) is 0 Å². The first-order valence-corrected chi connectivity index (χ1v) is 3.66. The molecule has 3 heteroatoms. The minimum Gasteiger partial charge on any atom is -1.00 e. The Morgan fingerprint density at radius 2 is 2.33 bits per heavy atom. The summed E-state index contributed by atoms with van der Waals surface area (Å²) in [6, 6.07) is 0. The standard InChI is InChI=1S/C6H10NS.ClH/c1-3-7-4-5-8-6(7)2;/h4-5H,3H2,1-2H3;1H/q+1;/p-1. The lowest BCUT2D eigenvalue weighted by atomic mass is 10.6. The SMILES string of the molecule is CC[n+]1ccsc1C.[Cl-]. The molecule has 1 aromatic heterocycles. The molecule has 0 spiro atoms. The number of hydrogen-bond donors (Lipinski definition) is 0. The molecule has 0 N–H and O–H groups in total. The molecule has 0 saturated carbocycles. The third kappa shape index (κ3) is 1.95. The number of aromatic nitrogens is 1. The maximum absolute atomic E-state index is 2.23. The van der Waals surface area contributed by atoms with Crippen LogP contribution >= 0.6 is 11.3 Å². The van der Waals surface area contributed by atoms with Crippen LogP contribution < -0.4 is 17.0 Å². The highest BCUT2D eigenvalue weighted by molar-refractivity contribution is 7.09. The molecule has 0 radical (unpaired) electrons. The molecule has 0 aliphatic rings. The summed E-state index contributed by atoms with van der Waals surface area (Å²) in [6.45, 7) is 5.38. The van der Waals surface area contributed by atoms with Crippen molar-refractivity contribution in [2.75, 3.05) is 0 Å². The summed E-state index contributed by atoms with van der Waals surface area (Å²) in [4.78, 5) is 0. The van der Waals surface area contributed by atoms with Gasteiger partial charge in [0, 0.05) is 6.92 Å². The van der Waals surface area contributed by atoms with Gasteiger partial charge in [0.15, 0.2) is 6.20 Å². The largest absolute Gasteiger partial charge is 1.00 e. The Kier molecular flexibility index (Phi) is 3.82. The van der Waals surface area contributed by atoms with Crippen molar-refractivity contribution in [2.24, 2.45) is 0 Å². The van der Waals surface area contributed by atoms with Gasteiger partial charge in [-0.05, 0) is 6.92 Å². The fourth-order valence-electron chi connectivity index (χ4n) is 0.703. The molecule has 1 heterocycles. The molecule has 0 atom stereocenters. The summed E-state index contributed by atoms with van der Waals surface area (Å²) in [7, 11) is 0. The second-order valence-electron chi connectivity index (χ2n) is 1.71. The van der Waals surface area contributed by atoms with Gasteiger partial charge in [0.05, 0.1) is 5.38 Å². The molecule has 0 saturated heterocycles. The lowest BCUT2D eigenvalue weighted by Crippen LogP contribution is -3.00. The van der Waals surface area contributed by atoms with Gasteiger partial charge in [0.25, 0.3) is 0 Å². The highest BCUT2D eigenvalue weighted by atomic mass is 35.5. The molecular weight excluding hydrogens is 154 g/mol. The van der Waals surface area contributed by atoms with E-state index in [9.17, 15) is 0 Å². The number of rotatable bonds is 1. The van der Waals surface area contributed by atoms with E-state index >= 15 is 0 Å². The predicted molar refractivity (Wildman–Crippen MR) is 34.9 cm³/mol. The van der Waals surface area contributed by atoms with Crippen molar-refractivity contribution in [3.05, 3.63) is 16.6 Å². The second kappa shape index (κ2) is 3.85. The average Bonchev–Trinajstić information content (AvgIpc) is 2.14. The second-order valence-corrected chi connectivity index (χ2v) is 2.81. The highest BCUT2D eigenvalue weighted by Crippen LogP contribution is 1.97. The average molecular weight is 164 g/mol. The van der Waals surface area contributed by atoms with Crippen LogP contribution in [0.3, 0.4) is 0 Å². The van der Waals surface area contributed by atoms with Gasteiger partial charge in [-0.2, -0.15) is 4.57 Å². The summed E-state index contributed by atoms with van der Waals surface area (Å²) in [5.41, 5.74) is 0. The zero-order valence-electron chi connectivity index (χ0n) is 5.60. The van der Waals surface area contributed by atoms with E-state index in [1.807, 2.05) is 0 Å². The van der Waals surface area contributed by atoms with Crippen molar-refractivity contribution >= 4 is 11.3 Å². The molecular formula is C6H10ClNS. The Balaban J connectivity index is 0.000000640. The first kappa shape index (κ1) is 8.92. The molecule has 0 bridgehead atoms. The first-order valence-electron chi connectivity index (χ1n) is 2.78. The summed E-state index contributed by atoms with van der Waals surface area (Å²) in [5, 5.41) is 3.49. The zero-order valence-corrected chi connectivity index (χ0v) is 7.17. The maximum Gasteiger partial charge on any atom is 0.234 e. The molecule has 52 valence electrons. The van der Waals surface area contributed by atoms with Crippen LogP contribution in [0.5, 0.6) is 0 Å². The molecule has 0 amide bonds. The lowest BCUT2D eigenvalue weighted by Gasteiger charge is -1.82. The van der Waals surface area contributed by atoms with E-state index < -0.39 is 0 Å². The first-order chi connectivity index (χ1) is 3.84. The monoisotopic (exact) mass is 163 g/mol. The van der Waals surface area contributed by atoms with Crippen molar-refractivity contribution in [1.82, 2.24) is 0 Å². The number of halogens is 1. The fraction of sp³-hybridized carbons (Fsp3) is 0.500. The summed E-state index contributed by atoms with van der Waals surface area (Å²) in [5.74, 6) is 0. The molecule has 0 fully saturated rings. The van der Waals surface area contributed by atoms with Gasteiger partial charge in [0.1, 0.15) is 6.54 Å². The lowest BCUT2D eigenvalue weighted by molar-refractivity contribution is -0.694. The van der Waals surface area contributed by atoms with Crippen LogP contribution in [0.25, 0.3) is 0 Å². The van der Waals surface area contributed by atoms with Crippen molar-refractivity contribution in [3.63, 3.8) is 0 Å². The van der Waals surface area contributed by atoms with Crippen molar-refractivity contribution in [3.8, 4) is 0 Å². The summed E-state index contributed by atoms with van der Waals surface area (Å²) >= 11 is 1.79. The van der Waals surface area contributed by atoms with Crippen LogP contribution in [0.2, 0.25) is 0 Å². The fourth-order valence-corrected chi connectivity index (χ4v) is 1.43. The van der Waals surface area contributed by atoms with Crippen molar-refractivity contribution in [2.45, 2.75) is 20.4 Å². The van der Waals surface area contributed by atoms with E-state index in [2.05, 4.69) is 30.0 Å².